The molecule has 0 aliphatic rings. The second kappa shape index (κ2) is 5.28. The average molecular weight is 247 g/mol. The summed E-state index contributed by atoms with van der Waals surface area (Å²) in [5, 5.41) is 0. The lowest BCUT2D eigenvalue weighted by Crippen LogP contribution is -2.04. The van der Waals surface area contributed by atoms with Crippen molar-refractivity contribution in [2.45, 2.75) is 19.3 Å². The van der Waals surface area contributed by atoms with Crippen LogP contribution in [0.5, 0.6) is 0 Å². The van der Waals surface area contributed by atoms with Crippen molar-refractivity contribution in [2.75, 3.05) is 6.16 Å². The molecule has 0 fully saturated rings. The van der Waals surface area contributed by atoms with Gasteiger partial charge in [-0.15, -0.1) is 0 Å². The Bertz CT molecular complexity index is 239. The first-order valence-electron chi connectivity index (χ1n) is 3.78. The topological polar surface area (TPSA) is 135 Å². The van der Waals surface area contributed by atoms with Gasteiger partial charge in [0.25, 0.3) is 0 Å². The molecule has 84 valence electrons. The van der Waals surface area contributed by atoms with E-state index in [0.717, 1.165) is 0 Å². The van der Waals surface area contributed by atoms with E-state index in [0.29, 0.717) is 0 Å². The zero-order chi connectivity index (χ0) is 11.4. The Labute approximate surface area is 81.1 Å². The zero-order valence-electron chi connectivity index (χ0n) is 7.28. The van der Waals surface area contributed by atoms with Crippen LogP contribution in [0.1, 0.15) is 19.3 Å². The summed E-state index contributed by atoms with van der Waals surface area (Å²) >= 11 is 0. The predicted octanol–water partition coefficient (Wildman–Crippen LogP) is -0.399. The van der Waals surface area contributed by atoms with Gasteiger partial charge >= 0.3 is 21.1 Å². The Hall–Kier alpha value is 0.130. The highest BCUT2D eigenvalue weighted by Crippen LogP contribution is 2.47. The van der Waals surface area contributed by atoms with Gasteiger partial charge < -0.3 is 9.79 Å². The lowest BCUT2D eigenvalue weighted by molar-refractivity contribution is -0.114. The molecule has 0 atom stereocenters. The summed E-state index contributed by atoms with van der Waals surface area (Å²) in [6, 6.07) is 0. The summed E-state index contributed by atoms with van der Waals surface area (Å²) < 4.78 is 10.3. The van der Waals surface area contributed by atoms with Crippen LogP contribution in [0.3, 0.4) is 0 Å². The SMILES string of the molecule is O=C(CCCCP(=O)(O)O)[P+](O)(O)O. The second-order valence-electron chi connectivity index (χ2n) is 2.81. The highest BCUT2D eigenvalue weighted by atomic mass is 31.2. The molecule has 14 heavy (non-hydrogen) atoms. The van der Waals surface area contributed by atoms with Crippen molar-refractivity contribution in [3.8, 4) is 0 Å². The summed E-state index contributed by atoms with van der Waals surface area (Å²) in [6.45, 7) is 0. The van der Waals surface area contributed by atoms with Gasteiger partial charge in [0.05, 0.1) is 6.42 Å². The molecule has 0 amide bonds. The molecular formula is C5H13O7P2+. The third-order valence-electron chi connectivity index (χ3n) is 1.42. The van der Waals surface area contributed by atoms with Crippen molar-refractivity contribution in [1.82, 2.24) is 0 Å². The van der Waals surface area contributed by atoms with Crippen LogP contribution >= 0.6 is 15.5 Å². The summed E-state index contributed by atoms with van der Waals surface area (Å²) in [6.07, 6.45) is -0.450. The van der Waals surface area contributed by atoms with Gasteiger partial charge in [0.2, 0.25) is 0 Å². The first-order valence-corrected chi connectivity index (χ1v) is 7.22. The van der Waals surface area contributed by atoms with Crippen molar-refractivity contribution >= 4 is 21.1 Å². The summed E-state index contributed by atoms with van der Waals surface area (Å²) in [5.74, 6) is 0. The van der Waals surface area contributed by atoms with E-state index in [4.69, 9.17) is 24.5 Å². The van der Waals surface area contributed by atoms with Crippen molar-refractivity contribution in [3.63, 3.8) is 0 Å². The van der Waals surface area contributed by atoms with Crippen molar-refractivity contribution in [1.29, 1.82) is 0 Å². The second-order valence-corrected chi connectivity index (χ2v) is 6.22. The number of carbonyl (C=O) groups excluding carboxylic acids is 1. The van der Waals surface area contributed by atoms with Gasteiger partial charge in [-0.2, -0.15) is 14.7 Å². The van der Waals surface area contributed by atoms with Crippen LogP contribution in [0.2, 0.25) is 0 Å². The van der Waals surface area contributed by atoms with Crippen LogP contribution < -0.4 is 0 Å². The first kappa shape index (κ1) is 14.1. The van der Waals surface area contributed by atoms with Crippen LogP contribution in [-0.2, 0) is 9.36 Å². The van der Waals surface area contributed by atoms with E-state index < -0.39 is 21.1 Å². The quantitative estimate of drug-likeness (QED) is 0.318. The van der Waals surface area contributed by atoms with Gasteiger partial charge in [0.1, 0.15) is 0 Å². The predicted molar refractivity (Wildman–Crippen MR) is 49.3 cm³/mol. The standard InChI is InChI=1S/C5H12O7P2/c6-5(14(10,11)12)3-1-2-4-13(7,8)9/h10-12H,1-4H2,(H-,7,8,9)/p+1. The molecule has 7 nitrogen and oxygen atoms in total. The largest absolute Gasteiger partial charge is 0.478 e. The lowest BCUT2D eigenvalue weighted by Gasteiger charge is -2.03. The van der Waals surface area contributed by atoms with Crippen molar-refractivity contribution in [2.24, 2.45) is 0 Å². The fraction of sp³-hybridized carbons (Fsp3) is 0.800. The van der Waals surface area contributed by atoms with Crippen LogP contribution in [0.4, 0.5) is 0 Å². The molecule has 0 aliphatic carbocycles. The van der Waals surface area contributed by atoms with Crippen LogP contribution in [0, 0.1) is 0 Å². The number of rotatable bonds is 6. The smallest absolute Gasteiger partial charge is 0.324 e. The molecule has 0 aromatic heterocycles. The molecule has 0 spiro atoms. The molecule has 0 unspecified atom stereocenters. The van der Waals surface area contributed by atoms with E-state index in [-0.39, 0.29) is 25.4 Å². The number of hydrogen-bond donors (Lipinski definition) is 5. The molecule has 0 saturated carbocycles. The Morgan fingerprint density at radius 1 is 1.14 bits per heavy atom. The fourth-order valence-corrected chi connectivity index (χ4v) is 1.84. The lowest BCUT2D eigenvalue weighted by atomic mass is 10.3. The minimum Gasteiger partial charge on any atom is -0.324 e. The molecule has 0 bridgehead atoms. The van der Waals surface area contributed by atoms with E-state index in [1.807, 2.05) is 0 Å². The molecule has 0 saturated heterocycles. The van der Waals surface area contributed by atoms with Crippen LogP contribution in [0.25, 0.3) is 0 Å². The third kappa shape index (κ3) is 7.53. The van der Waals surface area contributed by atoms with Gasteiger partial charge in [-0.05, 0) is 12.8 Å². The summed E-state index contributed by atoms with van der Waals surface area (Å²) in [5.41, 5.74) is -1.08. The molecular weight excluding hydrogens is 234 g/mol. The van der Waals surface area contributed by atoms with Gasteiger partial charge in [-0.1, -0.05) is 0 Å². The summed E-state index contributed by atoms with van der Waals surface area (Å²) in [7, 11) is -8.48. The number of hydrogen-bond acceptors (Lipinski definition) is 5. The monoisotopic (exact) mass is 247 g/mol. The molecule has 0 rings (SSSR count). The number of unbranched alkanes of at least 4 members (excludes halogenated alkanes) is 1. The Morgan fingerprint density at radius 2 is 1.64 bits per heavy atom. The Balaban J connectivity index is 3.67. The maximum Gasteiger partial charge on any atom is 0.478 e. The van der Waals surface area contributed by atoms with Gasteiger partial charge in [0, 0.05) is 6.16 Å². The molecule has 5 N–H and O–H groups in total. The van der Waals surface area contributed by atoms with E-state index in [1.54, 1.807) is 0 Å². The van der Waals surface area contributed by atoms with Crippen molar-refractivity contribution in [3.05, 3.63) is 0 Å². The highest BCUT2D eigenvalue weighted by molar-refractivity contribution is 7.76. The van der Waals surface area contributed by atoms with E-state index in [1.165, 1.54) is 0 Å². The maximum absolute atomic E-state index is 10.7. The minimum absolute atomic E-state index is 0.0933. The van der Waals surface area contributed by atoms with Gasteiger partial charge in [-0.25, -0.2) is 4.79 Å². The molecule has 0 radical (unpaired) electrons. The van der Waals surface area contributed by atoms with Crippen molar-refractivity contribution < 1.29 is 33.8 Å². The van der Waals surface area contributed by atoms with E-state index in [9.17, 15) is 9.36 Å². The maximum atomic E-state index is 10.7. The number of carbonyl (C=O) groups is 1. The first-order chi connectivity index (χ1) is 6.13. The average Bonchev–Trinajstić information content (AvgIpc) is 1.93. The minimum atomic E-state index is -4.42. The molecule has 0 aromatic rings. The highest BCUT2D eigenvalue weighted by Gasteiger charge is 2.41. The molecule has 0 aliphatic heterocycles. The molecule has 9 heteroatoms. The normalized spacial score (nSPS) is 12.9. The van der Waals surface area contributed by atoms with E-state index in [2.05, 4.69) is 0 Å². The zero-order valence-corrected chi connectivity index (χ0v) is 9.06. The van der Waals surface area contributed by atoms with Gasteiger partial charge in [0.15, 0.2) is 0 Å². The van der Waals surface area contributed by atoms with Crippen LogP contribution in [-0.4, -0.2) is 36.2 Å². The Morgan fingerprint density at radius 3 is 2.00 bits per heavy atom. The Kier molecular flexibility index (Phi) is 5.33. The summed E-state index contributed by atoms with van der Waals surface area (Å²) in [4.78, 5) is 52.9. The van der Waals surface area contributed by atoms with Gasteiger partial charge in [-0.3, -0.25) is 4.57 Å². The third-order valence-corrected chi connectivity index (χ3v) is 3.22. The van der Waals surface area contributed by atoms with Crippen LogP contribution in [0.15, 0.2) is 0 Å². The van der Waals surface area contributed by atoms with E-state index >= 15 is 0 Å². The molecule has 0 aromatic carbocycles. The molecule has 0 heterocycles. The fourth-order valence-electron chi connectivity index (χ4n) is 0.744.